The van der Waals surface area contributed by atoms with Gasteiger partial charge in [0.15, 0.2) is 11.0 Å². The van der Waals surface area contributed by atoms with Crippen molar-refractivity contribution in [2.24, 2.45) is 13.0 Å². The number of rotatable bonds is 8. The van der Waals surface area contributed by atoms with Crippen molar-refractivity contribution in [1.29, 1.82) is 0 Å². The molecular formula is C23H25Cl2N5O2S. The van der Waals surface area contributed by atoms with Crippen molar-refractivity contribution >= 4 is 52.5 Å². The highest BCUT2D eigenvalue weighted by molar-refractivity contribution is 7.99. The van der Waals surface area contributed by atoms with Gasteiger partial charge in [0.05, 0.1) is 22.4 Å². The average Bonchev–Trinajstić information content (AvgIpc) is 3.13. The predicted molar refractivity (Wildman–Crippen MR) is 133 cm³/mol. The van der Waals surface area contributed by atoms with E-state index < -0.39 is 0 Å². The highest BCUT2D eigenvalue weighted by atomic mass is 35.5. The van der Waals surface area contributed by atoms with Gasteiger partial charge in [-0.3, -0.25) is 9.59 Å². The Morgan fingerprint density at radius 3 is 2.55 bits per heavy atom. The van der Waals surface area contributed by atoms with E-state index in [9.17, 15) is 9.59 Å². The largest absolute Gasteiger partial charge is 0.342 e. The minimum absolute atomic E-state index is 0.0475. The summed E-state index contributed by atoms with van der Waals surface area (Å²) in [5.74, 6) is 0.330. The molecule has 0 aliphatic carbocycles. The molecule has 0 fully saturated rings. The Balaban J connectivity index is 1.69. The predicted octanol–water partition coefficient (Wildman–Crippen LogP) is 5.29. The number of carbonyl (C=O) groups excluding carboxylic acids is 2. The molecule has 0 aliphatic rings. The molecule has 2 N–H and O–H groups in total. The van der Waals surface area contributed by atoms with Crippen LogP contribution in [-0.4, -0.2) is 32.3 Å². The number of thioether (sulfide) groups is 1. The summed E-state index contributed by atoms with van der Waals surface area (Å²) < 4.78 is 1.79. The number of amides is 2. The second-order valence-corrected chi connectivity index (χ2v) is 9.66. The van der Waals surface area contributed by atoms with E-state index in [1.165, 1.54) is 11.8 Å². The first-order valence-electron chi connectivity index (χ1n) is 10.3. The van der Waals surface area contributed by atoms with Gasteiger partial charge < -0.3 is 15.2 Å². The highest BCUT2D eigenvalue weighted by Gasteiger charge is 2.26. The van der Waals surface area contributed by atoms with Gasteiger partial charge in [0.2, 0.25) is 5.91 Å². The topological polar surface area (TPSA) is 88.9 Å². The summed E-state index contributed by atoms with van der Waals surface area (Å²) in [4.78, 5) is 25.2. The molecule has 1 aromatic heterocycles. The Labute approximate surface area is 207 Å². The molecule has 2 aromatic carbocycles. The Kier molecular flexibility index (Phi) is 8.40. The Hall–Kier alpha value is -2.55. The quantitative estimate of drug-likeness (QED) is 0.406. The third-order valence-electron chi connectivity index (χ3n) is 5.02. The number of benzene rings is 2. The van der Waals surface area contributed by atoms with Crippen molar-refractivity contribution in [1.82, 2.24) is 20.1 Å². The van der Waals surface area contributed by atoms with Crippen LogP contribution in [-0.2, 0) is 11.8 Å². The van der Waals surface area contributed by atoms with Crippen LogP contribution >= 0.6 is 35.0 Å². The van der Waals surface area contributed by atoms with Crippen molar-refractivity contribution in [3.05, 3.63) is 69.5 Å². The molecule has 3 aromatic rings. The number of aromatic nitrogens is 3. The molecule has 0 saturated carbocycles. The number of nitrogens with zero attached hydrogens (tertiary/aromatic N) is 3. The summed E-state index contributed by atoms with van der Waals surface area (Å²) >= 11 is 13.5. The monoisotopic (exact) mass is 505 g/mol. The number of aryl methyl sites for hydroxylation is 1. The van der Waals surface area contributed by atoms with E-state index in [1.54, 1.807) is 41.0 Å². The highest BCUT2D eigenvalue weighted by Crippen LogP contribution is 2.26. The lowest BCUT2D eigenvalue weighted by atomic mass is 10.0. The van der Waals surface area contributed by atoms with Gasteiger partial charge in [-0.05, 0) is 42.7 Å². The molecule has 0 radical (unpaired) electrons. The molecule has 1 heterocycles. The van der Waals surface area contributed by atoms with Gasteiger partial charge in [-0.2, -0.15) is 0 Å². The maximum atomic E-state index is 12.8. The fraction of sp³-hybridized carbons (Fsp3) is 0.304. The lowest BCUT2D eigenvalue weighted by molar-refractivity contribution is -0.113. The molecule has 7 nitrogen and oxygen atoms in total. The molecule has 0 unspecified atom stereocenters. The van der Waals surface area contributed by atoms with Gasteiger partial charge in [0, 0.05) is 17.8 Å². The first-order chi connectivity index (χ1) is 15.7. The van der Waals surface area contributed by atoms with Crippen molar-refractivity contribution < 1.29 is 9.59 Å². The van der Waals surface area contributed by atoms with Crippen LogP contribution in [0.1, 0.15) is 41.6 Å². The fourth-order valence-electron chi connectivity index (χ4n) is 3.16. The standard InChI is InChI=1S/C23H25Cl2N5O2S/c1-13(2)20(27-22(32)16-7-5-6-8-17(16)25)21-28-29-23(30(21)4)33-12-19(31)26-18-11-15(24)10-9-14(18)3/h5-11,13,20H,12H2,1-4H3,(H,26,31)(H,27,32)/t20-/m0/s1. The number of nitrogens with one attached hydrogen (secondary N) is 2. The van der Waals surface area contributed by atoms with Crippen molar-refractivity contribution in [3.63, 3.8) is 0 Å². The summed E-state index contributed by atoms with van der Waals surface area (Å²) in [5.41, 5.74) is 2.00. The zero-order chi connectivity index (χ0) is 24.1. The Morgan fingerprint density at radius 2 is 1.85 bits per heavy atom. The van der Waals surface area contributed by atoms with Crippen LogP contribution in [0.25, 0.3) is 0 Å². The Bertz CT molecular complexity index is 1170. The Morgan fingerprint density at radius 1 is 1.12 bits per heavy atom. The van der Waals surface area contributed by atoms with E-state index in [-0.39, 0.29) is 29.5 Å². The van der Waals surface area contributed by atoms with Crippen molar-refractivity contribution in [2.45, 2.75) is 32.0 Å². The summed E-state index contributed by atoms with van der Waals surface area (Å²) in [6.07, 6.45) is 0. The molecule has 0 bridgehead atoms. The zero-order valence-corrected chi connectivity index (χ0v) is 21.1. The molecule has 2 amide bonds. The van der Waals surface area contributed by atoms with E-state index in [4.69, 9.17) is 23.2 Å². The molecule has 1 atom stereocenters. The summed E-state index contributed by atoms with van der Waals surface area (Å²) in [6.45, 7) is 5.87. The summed E-state index contributed by atoms with van der Waals surface area (Å²) in [5, 5.41) is 15.9. The second kappa shape index (κ2) is 11.0. The number of anilines is 1. The third kappa shape index (κ3) is 6.28. The zero-order valence-electron chi connectivity index (χ0n) is 18.7. The molecule has 0 spiro atoms. The molecule has 3 rings (SSSR count). The van der Waals surface area contributed by atoms with Gasteiger partial charge in [0.25, 0.3) is 5.91 Å². The molecule has 33 heavy (non-hydrogen) atoms. The number of hydrogen-bond donors (Lipinski definition) is 2. The molecule has 0 aliphatic heterocycles. The van der Waals surface area contributed by atoms with E-state index in [1.807, 2.05) is 33.9 Å². The number of hydrogen-bond acceptors (Lipinski definition) is 5. The summed E-state index contributed by atoms with van der Waals surface area (Å²) in [6, 6.07) is 11.8. The van der Waals surface area contributed by atoms with Crippen LogP contribution < -0.4 is 10.6 Å². The molecule has 174 valence electrons. The van der Waals surface area contributed by atoms with Gasteiger partial charge in [-0.15, -0.1) is 10.2 Å². The van der Waals surface area contributed by atoms with Crippen LogP contribution in [0.3, 0.4) is 0 Å². The summed E-state index contributed by atoms with van der Waals surface area (Å²) in [7, 11) is 1.81. The van der Waals surface area contributed by atoms with Gasteiger partial charge in [0.1, 0.15) is 0 Å². The lowest BCUT2D eigenvalue weighted by Crippen LogP contribution is -2.33. The number of carbonyl (C=O) groups is 2. The maximum Gasteiger partial charge on any atom is 0.253 e. The minimum atomic E-state index is -0.386. The fourth-order valence-corrected chi connectivity index (χ4v) is 4.27. The van der Waals surface area contributed by atoms with Crippen LogP contribution in [0.5, 0.6) is 0 Å². The SMILES string of the molecule is Cc1ccc(Cl)cc1NC(=O)CSc1nnc([C@@H](NC(=O)c2ccccc2Cl)C(C)C)n1C. The number of halogens is 2. The van der Waals surface area contributed by atoms with Crippen molar-refractivity contribution in [3.8, 4) is 0 Å². The first-order valence-corrected chi connectivity index (χ1v) is 12.0. The first kappa shape index (κ1) is 25.1. The van der Waals surface area contributed by atoms with E-state index in [2.05, 4.69) is 20.8 Å². The normalized spacial score (nSPS) is 12.0. The molecule has 0 saturated heterocycles. The van der Waals surface area contributed by atoms with Crippen LogP contribution in [0, 0.1) is 12.8 Å². The lowest BCUT2D eigenvalue weighted by Gasteiger charge is -2.22. The smallest absolute Gasteiger partial charge is 0.253 e. The second-order valence-electron chi connectivity index (χ2n) is 7.87. The average molecular weight is 506 g/mol. The van der Waals surface area contributed by atoms with Crippen LogP contribution in [0.2, 0.25) is 10.0 Å². The molecule has 10 heteroatoms. The van der Waals surface area contributed by atoms with Crippen molar-refractivity contribution in [2.75, 3.05) is 11.1 Å². The van der Waals surface area contributed by atoms with Crippen LogP contribution in [0.4, 0.5) is 5.69 Å². The third-order valence-corrected chi connectivity index (χ3v) is 6.61. The van der Waals surface area contributed by atoms with Gasteiger partial charge >= 0.3 is 0 Å². The van der Waals surface area contributed by atoms with E-state index in [0.29, 0.717) is 32.3 Å². The van der Waals surface area contributed by atoms with Gasteiger partial charge in [-0.1, -0.05) is 67.0 Å². The van der Waals surface area contributed by atoms with E-state index >= 15 is 0 Å². The van der Waals surface area contributed by atoms with Crippen LogP contribution in [0.15, 0.2) is 47.6 Å². The van der Waals surface area contributed by atoms with E-state index in [0.717, 1.165) is 5.56 Å². The molecular weight excluding hydrogens is 481 g/mol. The minimum Gasteiger partial charge on any atom is -0.342 e. The maximum absolute atomic E-state index is 12.8. The van der Waals surface area contributed by atoms with Gasteiger partial charge in [-0.25, -0.2) is 0 Å².